The van der Waals surface area contributed by atoms with Crippen LogP contribution in [0, 0.1) is 45.3 Å². The second-order valence-electron chi connectivity index (χ2n) is 13.7. The maximum absolute atomic E-state index is 14.1. The summed E-state index contributed by atoms with van der Waals surface area (Å²) in [6, 6.07) is 0. The van der Waals surface area contributed by atoms with Gasteiger partial charge in [-0.25, -0.2) is 0 Å². The van der Waals surface area contributed by atoms with Crippen molar-refractivity contribution in [2.45, 2.75) is 93.4 Å². The number of esters is 1. The Morgan fingerprint density at radius 3 is 2.18 bits per heavy atom. The van der Waals surface area contributed by atoms with E-state index in [0.29, 0.717) is 36.8 Å². The Balaban J connectivity index is 1.73. The van der Waals surface area contributed by atoms with Crippen molar-refractivity contribution in [2.24, 2.45) is 45.3 Å². The Kier molecular flexibility index (Phi) is 6.81. The van der Waals surface area contributed by atoms with Crippen molar-refractivity contribution in [3.05, 3.63) is 11.1 Å². The maximum atomic E-state index is 14.1. The highest BCUT2D eigenvalue weighted by Gasteiger charge is 2.70. The summed E-state index contributed by atoms with van der Waals surface area (Å²) < 4.78 is 4.74. The molecule has 0 aliphatic heterocycles. The first-order valence-electron chi connectivity index (χ1n) is 14.0. The fourth-order valence-corrected chi connectivity index (χ4v) is 8.93. The quantitative estimate of drug-likeness (QED) is 0.366. The zero-order chi connectivity index (χ0) is 28.6. The number of fused-ring (bicyclic) bond motifs is 4. The van der Waals surface area contributed by atoms with Crippen molar-refractivity contribution in [3.63, 3.8) is 0 Å². The molecule has 0 aromatic heterocycles. The standard InChI is InChI=1S/C31H42O7/c1-16(13-18(32)14-17(2)27(37)38-8)19-9-12-30(6)23-20(33)15-21-28(3,4)22(34)10-11-29(21,5)24(23)25(35)26(36)31(19,30)7/h16-17,19,21H,9-15H2,1-8H3. The molecule has 0 aromatic rings. The molecule has 0 bridgehead atoms. The van der Waals surface area contributed by atoms with Gasteiger partial charge in [-0.3, -0.25) is 28.8 Å². The topological polar surface area (TPSA) is 112 Å². The molecule has 0 saturated heterocycles. The van der Waals surface area contributed by atoms with Gasteiger partial charge < -0.3 is 4.74 Å². The van der Waals surface area contributed by atoms with Crippen LogP contribution in [-0.2, 0) is 33.5 Å². The van der Waals surface area contributed by atoms with E-state index in [1.165, 1.54) is 7.11 Å². The summed E-state index contributed by atoms with van der Waals surface area (Å²) >= 11 is 0. The zero-order valence-electron chi connectivity index (χ0n) is 24.1. The van der Waals surface area contributed by atoms with Crippen molar-refractivity contribution in [1.29, 1.82) is 0 Å². The fourth-order valence-electron chi connectivity index (χ4n) is 8.93. The van der Waals surface area contributed by atoms with Crippen LogP contribution in [0.25, 0.3) is 0 Å². The lowest BCUT2D eigenvalue weighted by Gasteiger charge is -2.58. The largest absolute Gasteiger partial charge is 0.469 e. The first-order valence-corrected chi connectivity index (χ1v) is 14.0. The molecule has 7 atom stereocenters. The number of hydrogen-bond donors (Lipinski definition) is 0. The van der Waals surface area contributed by atoms with Crippen LogP contribution in [0.15, 0.2) is 11.1 Å². The van der Waals surface area contributed by atoms with Gasteiger partial charge in [0.05, 0.1) is 13.0 Å². The summed E-state index contributed by atoms with van der Waals surface area (Å²) in [5.41, 5.74) is -2.50. The van der Waals surface area contributed by atoms with E-state index in [1.807, 2.05) is 41.5 Å². The molecular weight excluding hydrogens is 484 g/mol. The molecule has 7 nitrogen and oxygen atoms in total. The number of carbonyl (C=O) groups is 6. The smallest absolute Gasteiger partial charge is 0.308 e. The highest BCUT2D eigenvalue weighted by molar-refractivity contribution is 6.48. The van der Waals surface area contributed by atoms with E-state index >= 15 is 0 Å². The predicted octanol–water partition coefficient (Wildman–Crippen LogP) is 4.64. The molecule has 0 N–H and O–H groups in total. The number of ether oxygens (including phenoxy) is 1. The van der Waals surface area contributed by atoms with Crippen LogP contribution in [0.3, 0.4) is 0 Å². The average Bonchev–Trinajstić information content (AvgIpc) is 3.12. The van der Waals surface area contributed by atoms with E-state index in [1.54, 1.807) is 6.92 Å². The van der Waals surface area contributed by atoms with E-state index in [2.05, 4.69) is 0 Å². The van der Waals surface area contributed by atoms with E-state index in [-0.39, 0.29) is 54.4 Å². The van der Waals surface area contributed by atoms with Gasteiger partial charge in [0.25, 0.3) is 0 Å². The first-order chi connectivity index (χ1) is 17.5. The number of allylic oxidation sites excluding steroid dienone is 2. The molecule has 7 heteroatoms. The molecular formula is C31H42O7. The Bertz CT molecular complexity index is 1170. The van der Waals surface area contributed by atoms with Gasteiger partial charge in [0.15, 0.2) is 5.78 Å². The molecule has 0 radical (unpaired) electrons. The number of hydrogen-bond acceptors (Lipinski definition) is 7. The SMILES string of the molecule is COC(=O)C(C)CC(=O)CC(C)C1CCC2(C)C3=C(C(=O)C(=O)C12C)C1(C)CCC(=O)C(C)(C)C1CC3=O. The van der Waals surface area contributed by atoms with E-state index in [4.69, 9.17) is 4.74 Å². The third-order valence-corrected chi connectivity index (χ3v) is 11.4. The van der Waals surface area contributed by atoms with Crippen molar-refractivity contribution in [1.82, 2.24) is 0 Å². The normalized spacial score (nSPS) is 37.8. The van der Waals surface area contributed by atoms with E-state index < -0.39 is 45.1 Å². The van der Waals surface area contributed by atoms with Gasteiger partial charge in [0.1, 0.15) is 11.6 Å². The van der Waals surface area contributed by atoms with E-state index in [0.717, 1.165) is 0 Å². The Morgan fingerprint density at radius 2 is 1.58 bits per heavy atom. The summed E-state index contributed by atoms with van der Waals surface area (Å²) in [7, 11) is 1.29. The molecule has 4 aliphatic rings. The lowest BCUT2D eigenvalue weighted by atomic mass is 9.42. The van der Waals surface area contributed by atoms with Crippen LogP contribution in [0.5, 0.6) is 0 Å². The lowest BCUT2D eigenvalue weighted by Crippen LogP contribution is -2.61. The van der Waals surface area contributed by atoms with Crippen LogP contribution < -0.4 is 0 Å². The number of rotatable bonds is 6. The third-order valence-electron chi connectivity index (χ3n) is 11.4. The van der Waals surface area contributed by atoms with Gasteiger partial charge in [-0.2, -0.15) is 0 Å². The number of methoxy groups -OCH3 is 1. The minimum absolute atomic E-state index is 0.0621. The summed E-state index contributed by atoms with van der Waals surface area (Å²) in [5.74, 6) is -2.89. The Hall–Kier alpha value is -2.44. The molecule has 2 fully saturated rings. The molecule has 38 heavy (non-hydrogen) atoms. The number of carbonyl (C=O) groups excluding carboxylic acids is 6. The fraction of sp³-hybridized carbons (Fsp3) is 0.742. The van der Waals surface area contributed by atoms with Crippen LogP contribution in [0.2, 0.25) is 0 Å². The molecule has 4 aliphatic carbocycles. The van der Waals surface area contributed by atoms with Crippen LogP contribution in [0.4, 0.5) is 0 Å². The van der Waals surface area contributed by atoms with Crippen molar-refractivity contribution >= 4 is 34.9 Å². The molecule has 0 spiro atoms. The first kappa shape index (κ1) is 28.6. The van der Waals surface area contributed by atoms with Crippen LogP contribution >= 0.6 is 0 Å². The van der Waals surface area contributed by atoms with Gasteiger partial charge >= 0.3 is 5.97 Å². The molecule has 7 unspecified atom stereocenters. The summed E-state index contributed by atoms with van der Waals surface area (Å²) in [4.78, 5) is 79.5. The molecule has 0 heterocycles. The van der Waals surface area contributed by atoms with Gasteiger partial charge in [-0.15, -0.1) is 0 Å². The van der Waals surface area contributed by atoms with Gasteiger partial charge in [-0.05, 0) is 37.0 Å². The van der Waals surface area contributed by atoms with Gasteiger partial charge in [0.2, 0.25) is 11.6 Å². The predicted molar refractivity (Wildman–Crippen MR) is 140 cm³/mol. The van der Waals surface area contributed by atoms with Crippen LogP contribution in [-0.4, -0.2) is 42.0 Å². The molecule has 4 rings (SSSR count). The van der Waals surface area contributed by atoms with Crippen molar-refractivity contribution in [3.8, 4) is 0 Å². The second kappa shape index (κ2) is 9.06. The van der Waals surface area contributed by atoms with Crippen LogP contribution in [0.1, 0.15) is 93.4 Å². The van der Waals surface area contributed by atoms with Crippen molar-refractivity contribution < 1.29 is 33.5 Å². The molecule has 208 valence electrons. The maximum Gasteiger partial charge on any atom is 0.308 e. The summed E-state index contributed by atoms with van der Waals surface area (Å²) in [6.45, 7) is 13.1. The number of ketones is 5. The van der Waals surface area contributed by atoms with E-state index in [9.17, 15) is 28.8 Å². The molecule has 0 aromatic carbocycles. The highest BCUT2D eigenvalue weighted by Crippen LogP contribution is 2.69. The Labute approximate surface area is 225 Å². The van der Waals surface area contributed by atoms with Crippen molar-refractivity contribution in [2.75, 3.05) is 7.11 Å². The molecule has 2 saturated carbocycles. The minimum atomic E-state index is -1.10. The molecule has 0 amide bonds. The average molecular weight is 527 g/mol. The van der Waals surface area contributed by atoms with Gasteiger partial charge in [0, 0.05) is 58.5 Å². The Morgan fingerprint density at radius 1 is 0.947 bits per heavy atom. The monoisotopic (exact) mass is 526 g/mol. The minimum Gasteiger partial charge on any atom is -0.469 e. The zero-order valence-corrected chi connectivity index (χ0v) is 24.1. The lowest BCUT2D eigenvalue weighted by molar-refractivity contribution is -0.154. The van der Waals surface area contributed by atoms with Gasteiger partial charge in [-0.1, -0.05) is 48.5 Å². The number of Topliss-reactive ketones (excluding diaryl/α,β-unsaturated/α-hetero) is 5. The third kappa shape index (κ3) is 3.66. The second-order valence-corrected chi connectivity index (χ2v) is 13.7. The summed E-state index contributed by atoms with van der Waals surface area (Å²) in [6.07, 6.45) is 2.45. The highest BCUT2D eigenvalue weighted by atomic mass is 16.5. The summed E-state index contributed by atoms with van der Waals surface area (Å²) in [5, 5.41) is 0.